The normalized spacial score (nSPS) is 17.5. The third-order valence-corrected chi connectivity index (χ3v) is 3.58. The number of fused-ring (bicyclic) bond motifs is 1. The molecule has 0 radical (unpaired) electrons. The van der Waals surface area contributed by atoms with E-state index in [-0.39, 0.29) is 6.04 Å². The van der Waals surface area contributed by atoms with Crippen molar-refractivity contribution in [3.63, 3.8) is 0 Å². The Balaban J connectivity index is 1.82. The Bertz CT molecular complexity index is 400. The molecule has 0 saturated carbocycles. The first-order chi connectivity index (χ1) is 8.83. The van der Waals surface area contributed by atoms with Gasteiger partial charge in [-0.25, -0.2) is 0 Å². The van der Waals surface area contributed by atoms with Gasteiger partial charge >= 0.3 is 0 Å². The second kappa shape index (κ2) is 6.60. The van der Waals surface area contributed by atoms with Gasteiger partial charge in [-0.2, -0.15) is 0 Å². The SMILES string of the molecule is C=CCCCCCOc1cccc2c1CCC2N. The van der Waals surface area contributed by atoms with E-state index in [4.69, 9.17) is 10.5 Å². The highest BCUT2D eigenvalue weighted by molar-refractivity contribution is 5.44. The van der Waals surface area contributed by atoms with E-state index in [0.717, 1.165) is 38.0 Å². The van der Waals surface area contributed by atoms with E-state index in [1.165, 1.54) is 24.0 Å². The van der Waals surface area contributed by atoms with Crippen molar-refractivity contribution in [2.45, 2.75) is 44.6 Å². The van der Waals surface area contributed by atoms with Gasteiger partial charge in [0.2, 0.25) is 0 Å². The van der Waals surface area contributed by atoms with Crippen molar-refractivity contribution in [2.75, 3.05) is 6.61 Å². The van der Waals surface area contributed by atoms with Gasteiger partial charge in [0.1, 0.15) is 5.75 Å². The molecule has 2 nitrogen and oxygen atoms in total. The smallest absolute Gasteiger partial charge is 0.122 e. The summed E-state index contributed by atoms with van der Waals surface area (Å²) in [7, 11) is 0. The van der Waals surface area contributed by atoms with Gasteiger partial charge in [0, 0.05) is 6.04 Å². The summed E-state index contributed by atoms with van der Waals surface area (Å²) in [6.07, 6.45) is 8.73. The van der Waals surface area contributed by atoms with E-state index >= 15 is 0 Å². The number of ether oxygens (including phenoxy) is 1. The number of benzene rings is 1. The van der Waals surface area contributed by atoms with E-state index in [0.29, 0.717) is 0 Å². The summed E-state index contributed by atoms with van der Waals surface area (Å²) in [5.41, 5.74) is 8.67. The first-order valence-electron chi connectivity index (χ1n) is 6.94. The Morgan fingerprint density at radius 3 is 3.06 bits per heavy atom. The minimum absolute atomic E-state index is 0.205. The van der Waals surface area contributed by atoms with Gasteiger partial charge in [0.15, 0.2) is 0 Å². The number of allylic oxidation sites excluding steroid dienone is 1. The van der Waals surface area contributed by atoms with Crippen LogP contribution in [-0.2, 0) is 6.42 Å². The van der Waals surface area contributed by atoms with Gasteiger partial charge in [-0.05, 0) is 55.7 Å². The topological polar surface area (TPSA) is 35.2 Å². The lowest BCUT2D eigenvalue weighted by Gasteiger charge is -2.11. The van der Waals surface area contributed by atoms with Gasteiger partial charge in [0.25, 0.3) is 0 Å². The standard InChI is InChI=1S/C16H23NO/c1-2-3-4-5-6-12-18-16-9-7-8-13-14(16)10-11-15(13)17/h2,7-9,15H,1,3-6,10-12,17H2. The maximum atomic E-state index is 6.06. The van der Waals surface area contributed by atoms with E-state index in [1.54, 1.807) is 0 Å². The summed E-state index contributed by atoms with van der Waals surface area (Å²) >= 11 is 0. The van der Waals surface area contributed by atoms with Crippen molar-refractivity contribution in [3.05, 3.63) is 42.0 Å². The lowest BCUT2D eigenvalue weighted by atomic mass is 10.1. The zero-order chi connectivity index (χ0) is 12.8. The molecule has 1 atom stereocenters. The Hall–Kier alpha value is -1.28. The number of rotatable bonds is 7. The van der Waals surface area contributed by atoms with Gasteiger partial charge in [0.05, 0.1) is 6.61 Å². The first kappa shape index (κ1) is 13.2. The molecule has 1 unspecified atom stereocenters. The summed E-state index contributed by atoms with van der Waals surface area (Å²) in [5.74, 6) is 1.05. The molecule has 0 saturated heterocycles. The van der Waals surface area contributed by atoms with Crippen molar-refractivity contribution in [1.29, 1.82) is 0 Å². The highest BCUT2D eigenvalue weighted by atomic mass is 16.5. The fourth-order valence-electron chi connectivity index (χ4n) is 2.54. The molecule has 1 aliphatic carbocycles. The summed E-state index contributed by atoms with van der Waals surface area (Å²) in [6.45, 7) is 4.54. The van der Waals surface area contributed by atoms with Crippen LogP contribution in [0, 0.1) is 0 Å². The molecule has 0 spiro atoms. The summed E-state index contributed by atoms with van der Waals surface area (Å²) < 4.78 is 5.90. The second-order valence-corrected chi connectivity index (χ2v) is 4.96. The minimum Gasteiger partial charge on any atom is -0.493 e. The zero-order valence-electron chi connectivity index (χ0n) is 11.0. The molecule has 0 heterocycles. The Kier molecular flexibility index (Phi) is 4.82. The van der Waals surface area contributed by atoms with Crippen LogP contribution in [0.4, 0.5) is 0 Å². The average molecular weight is 245 g/mol. The molecule has 0 fully saturated rings. The lowest BCUT2D eigenvalue weighted by molar-refractivity contribution is 0.303. The quantitative estimate of drug-likeness (QED) is 0.586. The molecule has 2 N–H and O–H groups in total. The van der Waals surface area contributed by atoms with Gasteiger partial charge in [-0.1, -0.05) is 18.2 Å². The van der Waals surface area contributed by atoms with Crippen molar-refractivity contribution in [2.24, 2.45) is 5.73 Å². The maximum Gasteiger partial charge on any atom is 0.122 e. The third-order valence-electron chi connectivity index (χ3n) is 3.58. The van der Waals surface area contributed by atoms with Crippen LogP contribution in [0.2, 0.25) is 0 Å². The predicted molar refractivity (Wildman–Crippen MR) is 75.9 cm³/mol. The summed E-state index contributed by atoms with van der Waals surface area (Å²) in [5, 5.41) is 0. The van der Waals surface area contributed by atoms with Crippen LogP contribution in [0.25, 0.3) is 0 Å². The molecule has 18 heavy (non-hydrogen) atoms. The van der Waals surface area contributed by atoms with Crippen LogP contribution in [-0.4, -0.2) is 6.61 Å². The fraction of sp³-hybridized carbons (Fsp3) is 0.500. The molecule has 2 heteroatoms. The van der Waals surface area contributed by atoms with Crippen molar-refractivity contribution in [1.82, 2.24) is 0 Å². The van der Waals surface area contributed by atoms with Crippen LogP contribution in [0.1, 0.15) is 49.3 Å². The zero-order valence-corrected chi connectivity index (χ0v) is 11.0. The Morgan fingerprint density at radius 2 is 2.22 bits per heavy atom. The summed E-state index contributed by atoms with van der Waals surface area (Å²) in [6, 6.07) is 6.46. The molecule has 0 aromatic heterocycles. The minimum atomic E-state index is 0.205. The van der Waals surface area contributed by atoms with Gasteiger partial charge < -0.3 is 10.5 Å². The molecule has 1 aromatic rings. The van der Waals surface area contributed by atoms with Crippen LogP contribution >= 0.6 is 0 Å². The highest BCUT2D eigenvalue weighted by Crippen LogP contribution is 2.35. The predicted octanol–water partition coefficient (Wildman–Crippen LogP) is 3.76. The molecule has 1 aliphatic rings. The number of unbranched alkanes of at least 4 members (excludes halogenated alkanes) is 3. The van der Waals surface area contributed by atoms with Crippen LogP contribution in [0.3, 0.4) is 0 Å². The molecule has 2 rings (SSSR count). The number of hydrogen-bond donors (Lipinski definition) is 1. The maximum absolute atomic E-state index is 6.06. The van der Waals surface area contributed by atoms with E-state index < -0.39 is 0 Å². The van der Waals surface area contributed by atoms with Gasteiger partial charge in [-0.15, -0.1) is 6.58 Å². The summed E-state index contributed by atoms with van der Waals surface area (Å²) in [4.78, 5) is 0. The fourth-order valence-corrected chi connectivity index (χ4v) is 2.54. The highest BCUT2D eigenvalue weighted by Gasteiger charge is 2.21. The second-order valence-electron chi connectivity index (χ2n) is 4.96. The van der Waals surface area contributed by atoms with Crippen LogP contribution in [0.5, 0.6) is 5.75 Å². The van der Waals surface area contributed by atoms with Gasteiger partial charge in [-0.3, -0.25) is 0 Å². The van der Waals surface area contributed by atoms with E-state index in [9.17, 15) is 0 Å². The average Bonchev–Trinajstić information content (AvgIpc) is 2.77. The molecule has 0 aliphatic heterocycles. The van der Waals surface area contributed by atoms with E-state index in [2.05, 4.69) is 24.8 Å². The van der Waals surface area contributed by atoms with Crippen LogP contribution in [0.15, 0.2) is 30.9 Å². The Labute approximate surface area is 110 Å². The molecular formula is C16H23NO. The number of hydrogen-bond acceptors (Lipinski definition) is 2. The largest absolute Gasteiger partial charge is 0.493 e. The van der Waals surface area contributed by atoms with Crippen molar-refractivity contribution >= 4 is 0 Å². The van der Waals surface area contributed by atoms with E-state index in [1.807, 2.05) is 6.08 Å². The Morgan fingerprint density at radius 1 is 1.33 bits per heavy atom. The molecule has 1 aromatic carbocycles. The third kappa shape index (κ3) is 3.14. The van der Waals surface area contributed by atoms with Crippen molar-refractivity contribution in [3.8, 4) is 5.75 Å². The number of nitrogens with two attached hydrogens (primary N) is 1. The molecule has 0 amide bonds. The lowest BCUT2D eigenvalue weighted by Crippen LogP contribution is -2.05. The first-order valence-corrected chi connectivity index (χ1v) is 6.94. The molecular weight excluding hydrogens is 222 g/mol. The molecule has 0 bridgehead atoms. The molecule has 98 valence electrons. The van der Waals surface area contributed by atoms with Crippen LogP contribution < -0.4 is 10.5 Å². The van der Waals surface area contributed by atoms with Crippen molar-refractivity contribution < 1.29 is 4.74 Å². The monoisotopic (exact) mass is 245 g/mol.